The SMILES string of the molecule is COc1cc(CN2CCN[C@H](C)C2)ccc1OCc1cccs1. The van der Waals surface area contributed by atoms with Crippen molar-refractivity contribution in [2.45, 2.75) is 26.1 Å². The number of rotatable bonds is 6. The van der Waals surface area contributed by atoms with Crippen LogP contribution in [0.25, 0.3) is 0 Å². The fourth-order valence-electron chi connectivity index (χ4n) is 2.89. The fourth-order valence-corrected chi connectivity index (χ4v) is 3.50. The molecule has 0 unspecified atom stereocenters. The van der Waals surface area contributed by atoms with Crippen molar-refractivity contribution >= 4 is 11.3 Å². The minimum Gasteiger partial charge on any atom is -0.493 e. The minimum atomic E-state index is 0.555. The highest BCUT2D eigenvalue weighted by Crippen LogP contribution is 2.29. The molecule has 4 nitrogen and oxygen atoms in total. The van der Waals surface area contributed by atoms with Gasteiger partial charge in [0.15, 0.2) is 11.5 Å². The second-order valence-electron chi connectivity index (χ2n) is 5.94. The minimum absolute atomic E-state index is 0.555. The Labute approximate surface area is 142 Å². The van der Waals surface area contributed by atoms with E-state index in [4.69, 9.17) is 9.47 Å². The van der Waals surface area contributed by atoms with E-state index in [0.717, 1.165) is 37.7 Å². The molecule has 0 saturated carbocycles. The molecule has 1 N–H and O–H groups in total. The molecular formula is C18H24N2O2S. The van der Waals surface area contributed by atoms with Gasteiger partial charge in [-0.3, -0.25) is 4.90 Å². The van der Waals surface area contributed by atoms with Gasteiger partial charge in [-0.1, -0.05) is 12.1 Å². The molecule has 23 heavy (non-hydrogen) atoms. The summed E-state index contributed by atoms with van der Waals surface area (Å²) in [5.41, 5.74) is 1.26. The lowest BCUT2D eigenvalue weighted by Gasteiger charge is -2.31. The Morgan fingerprint density at radius 1 is 1.30 bits per heavy atom. The van der Waals surface area contributed by atoms with E-state index in [2.05, 4.69) is 40.7 Å². The summed E-state index contributed by atoms with van der Waals surface area (Å²) in [7, 11) is 1.70. The molecule has 0 spiro atoms. The molecule has 1 atom stereocenters. The van der Waals surface area contributed by atoms with Gasteiger partial charge in [0.2, 0.25) is 0 Å². The molecule has 1 aliphatic heterocycles. The van der Waals surface area contributed by atoms with Gasteiger partial charge in [0, 0.05) is 37.1 Å². The van der Waals surface area contributed by atoms with Crippen molar-refractivity contribution in [3.8, 4) is 11.5 Å². The zero-order valence-electron chi connectivity index (χ0n) is 13.7. The van der Waals surface area contributed by atoms with Crippen LogP contribution < -0.4 is 14.8 Å². The van der Waals surface area contributed by atoms with Crippen molar-refractivity contribution in [3.05, 3.63) is 46.2 Å². The van der Waals surface area contributed by atoms with E-state index in [0.29, 0.717) is 12.6 Å². The summed E-state index contributed by atoms with van der Waals surface area (Å²) in [5.74, 6) is 1.61. The Balaban J connectivity index is 1.64. The Morgan fingerprint density at radius 3 is 2.96 bits per heavy atom. The molecular weight excluding hydrogens is 308 g/mol. The number of piperazine rings is 1. The number of nitrogens with zero attached hydrogens (tertiary/aromatic N) is 1. The van der Waals surface area contributed by atoms with Gasteiger partial charge in [0.05, 0.1) is 7.11 Å². The molecule has 0 bridgehead atoms. The van der Waals surface area contributed by atoms with Crippen LogP contribution >= 0.6 is 11.3 Å². The van der Waals surface area contributed by atoms with Crippen molar-refractivity contribution in [3.63, 3.8) is 0 Å². The Kier molecular flexibility index (Phi) is 5.54. The van der Waals surface area contributed by atoms with Crippen LogP contribution in [0, 0.1) is 0 Å². The van der Waals surface area contributed by atoms with Crippen LogP contribution in [0.15, 0.2) is 35.7 Å². The number of ether oxygens (including phenoxy) is 2. The Morgan fingerprint density at radius 2 is 2.22 bits per heavy atom. The van der Waals surface area contributed by atoms with Gasteiger partial charge in [0.25, 0.3) is 0 Å². The van der Waals surface area contributed by atoms with Crippen molar-refractivity contribution in [2.75, 3.05) is 26.7 Å². The molecule has 0 aliphatic carbocycles. The molecule has 1 saturated heterocycles. The Bertz CT molecular complexity index is 615. The number of hydrogen-bond acceptors (Lipinski definition) is 5. The second kappa shape index (κ2) is 7.81. The van der Waals surface area contributed by atoms with Gasteiger partial charge >= 0.3 is 0 Å². The van der Waals surface area contributed by atoms with Crippen LogP contribution in [0.2, 0.25) is 0 Å². The van der Waals surface area contributed by atoms with E-state index in [1.165, 1.54) is 10.4 Å². The summed E-state index contributed by atoms with van der Waals surface area (Å²) in [6, 6.07) is 10.9. The van der Waals surface area contributed by atoms with Crippen LogP contribution in [0.1, 0.15) is 17.4 Å². The Hall–Kier alpha value is -1.56. The molecule has 0 amide bonds. The van der Waals surface area contributed by atoms with Crippen molar-refractivity contribution < 1.29 is 9.47 Å². The van der Waals surface area contributed by atoms with Gasteiger partial charge in [-0.25, -0.2) is 0 Å². The molecule has 2 heterocycles. The molecule has 3 rings (SSSR count). The molecule has 1 aromatic heterocycles. The lowest BCUT2D eigenvalue weighted by atomic mass is 10.1. The average molecular weight is 332 g/mol. The second-order valence-corrected chi connectivity index (χ2v) is 6.98. The van der Waals surface area contributed by atoms with Gasteiger partial charge in [-0.15, -0.1) is 11.3 Å². The highest BCUT2D eigenvalue weighted by atomic mass is 32.1. The van der Waals surface area contributed by atoms with Crippen molar-refractivity contribution in [2.24, 2.45) is 0 Å². The molecule has 2 aromatic rings. The largest absolute Gasteiger partial charge is 0.493 e. The standard InChI is InChI=1S/C18H24N2O2S/c1-14-11-20(8-7-19-14)12-15-5-6-17(18(10-15)21-2)22-13-16-4-3-9-23-16/h3-6,9-10,14,19H,7-8,11-13H2,1-2H3/t14-/m1/s1. The van der Waals surface area contributed by atoms with Crippen molar-refractivity contribution in [1.29, 1.82) is 0 Å². The predicted molar refractivity (Wildman–Crippen MR) is 94.4 cm³/mol. The van der Waals surface area contributed by atoms with Crippen molar-refractivity contribution in [1.82, 2.24) is 10.2 Å². The molecule has 0 radical (unpaired) electrons. The lowest BCUT2D eigenvalue weighted by molar-refractivity contribution is 0.199. The summed E-state index contributed by atoms with van der Waals surface area (Å²) >= 11 is 1.70. The first-order valence-electron chi connectivity index (χ1n) is 8.02. The number of benzene rings is 1. The van der Waals surface area contributed by atoms with E-state index in [9.17, 15) is 0 Å². The van der Waals surface area contributed by atoms with Gasteiger partial charge in [0.1, 0.15) is 6.61 Å². The first-order valence-corrected chi connectivity index (χ1v) is 8.90. The molecule has 5 heteroatoms. The molecule has 1 aromatic carbocycles. The normalized spacial score (nSPS) is 18.8. The van der Waals surface area contributed by atoms with E-state index >= 15 is 0 Å². The van der Waals surface area contributed by atoms with Gasteiger partial charge in [-0.05, 0) is 36.1 Å². The average Bonchev–Trinajstić information content (AvgIpc) is 3.07. The molecule has 124 valence electrons. The monoisotopic (exact) mass is 332 g/mol. The third kappa shape index (κ3) is 4.47. The summed E-state index contributed by atoms with van der Waals surface area (Å²) in [4.78, 5) is 3.69. The summed E-state index contributed by atoms with van der Waals surface area (Å²) < 4.78 is 11.4. The summed E-state index contributed by atoms with van der Waals surface area (Å²) in [6.07, 6.45) is 0. The predicted octanol–water partition coefficient (Wildman–Crippen LogP) is 3.13. The maximum atomic E-state index is 5.90. The van der Waals surface area contributed by atoms with Crippen LogP contribution in [0.4, 0.5) is 0 Å². The maximum Gasteiger partial charge on any atom is 0.161 e. The first kappa shape index (κ1) is 16.3. The first-order chi connectivity index (χ1) is 11.2. The highest BCUT2D eigenvalue weighted by Gasteiger charge is 2.16. The smallest absolute Gasteiger partial charge is 0.161 e. The number of hydrogen-bond donors (Lipinski definition) is 1. The number of methoxy groups -OCH3 is 1. The third-order valence-corrected chi connectivity index (χ3v) is 4.89. The number of nitrogens with one attached hydrogen (secondary N) is 1. The zero-order chi connectivity index (χ0) is 16.1. The van der Waals surface area contributed by atoms with E-state index in [-0.39, 0.29) is 0 Å². The molecule has 1 aliphatic rings. The van der Waals surface area contributed by atoms with E-state index in [1.54, 1.807) is 18.4 Å². The van der Waals surface area contributed by atoms with Crippen LogP contribution in [-0.4, -0.2) is 37.7 Å². The highest BCUT2D eigenvalue weighted by molar-refractivity contribution is 7.09. The van der Waals surface area contributed by atoms with Gasteiger partial charge in [-0.2, -0.15) is 0 Å². The van der Waals surface area contributed by atoms with E-state index < -0.39 is 0 Å². The fraction of sp³-hybridized carbons (Fsp3) is 0.444. The molecule has 1 fully saturated rings. The lowest BCUT2D eigenvalue weighted by Crippen LogP contribution is -2.48. The summed E-state index contributed by atoms with van der Waals surface area (Å²) in [5, 5.41) is 5.54. The van der Waals surface area contributed by atoms with Crippen LogP contribution in [0.3, 0.4) is 0 Å². The van der Waals surface area contributed by atoms with E-state index in [1.807, 2.05) is 12.1 Å². The topological polar surface area (TPSA) is 33.7 Å². The third-order valence-electron chi connectivity index (χ3n) is 4.04. The van der Waals surface area contributed by atoms with Gasteiger partial charge < -0.3 is 14.8 Å². The quantitative estimate of drug-likeness (QED) is 0.881. The summed E-state index contributed by atoms with van der Waals surface area (Å²) in [6.45, 7) is 6.99. The maximum absolute atomic E-state index is 5.90. The zero-order valence-corrected chi connectivity index (χ0v) is 14.6. The van der Waals surface area contributed by atoms with Crippen LogP contribution in [0.5, 0.6) is 11.5 Å². The van der Waals surface area contributed by atoms with Crippen LogP contribution in [-0.2, 0) is 13.2 Å². The number of thiophene rings is 1.